The number of piperazine rings is 1. The van der Waals surface area contributed by atoms with Crippen LogP contribution in [0.15, 0.2) is 53.1 Å². The van der Waals surface area contributed by atoms with Crippen LogP contribution < -0.4 is 20.4 Å². The highest BCUT2D eigenvalue weighted by Gasteiger charge is 2.30. The first-order valence-electron chi connectivity index (χ1n) is 15.0. The van der Waals surface area contributed by atoms with E-state index in [9.17, 15) is 14.4 Å². The number of nitrogens with one attached hydrogen (secondary N) is 2. The van der Waals surface area contributed by atoms with Crippen LogP contribution in [-0.2, 0) is 4.79 Å². The lowest BCUT2D eigenvalue weighted by Crippen LogP contribution is -2.46. The zero-order valence-electron chi connectivity index (χ0n) is 24.1. The lowest BCUT2D eigenvalue weighted by molar-refractivity contribution is -0.127. The smallest absolute Gasteiger partial charge is 0.277 e. The van der Waals surface area contributed by atoms with Gasteiger partial charge in [-0.3, -0.25) is 14.4 Å². The largest absolute Gasteiger partial charge is 0.448 e. The van der Waals surface area contributed by atoms with Gasteiger partial charge in [0.25, 0.3) is 11.8 Å². The standard InChI is InChI=1S/C32H38N6O4/c1-22-5-2-6-25(19-22)36-15-17-37(18-16-36)28-11-10-24(30(40)33-12-4-14-38-13-3-7-29(38)39)20-26(28)34-31(41)27-21-42-32(35-27)23-8-9-23/h2,5-6,10-11,19-21,23H,3-4,7-9,12-18H2,1H3,(H,33,40)(H,34,41). The third kappa shape index (κ3) is 6.42. The molecule has 220 valence electrons. The van der Waals surface area contributed by atoms with Crippen molar-refractivity contribution in [2.75, 3.05) is 60.9 Å². The third-order valence-corrected chi connectivity index (χ3v) is 8.24. The number of likely N-dealkylation sites (tertiary alicyclic amines) is 1. The van der Waals surface area contributed by atoms with Crippen LogP contribution in [0.4, 0.5) is 17.1 Å². The Hall–Kier alpha value is -4.34. The Morgan fingerprint density at radius 1 is 1.00 bits per heavy atom. The number of nitrogens with zero attached hydrogens (tertiary/aromatic N) is 4. The van der Waals surface area contributed by atoms with Crippen molar-refractivity contribution in [2.24, 2.45) is 0 Å². The lowest BCUT2D eigenvalue weighted by atomic mass is 10.1. The molecule has 0 bridgehead atoms. The molecule has 0 spiro atoms. The summed E-state index contributed by atoms with van der Waals surface area (Å²) in [5.74, 6) is 0.525. The second-order valence-corrected chi connectivity index (χ2v) is 11.4. The number of anilines is 3. The van der Waals surface area contributed by atoms with Gasteiger partial charge in [0.2, 0.25) is 5.91 Å². The van der Waals surface area contributed by atoms with E-state index in [2.05, 4.69) is 56.6 Å². The normalized spacial score (nSPS) is 17.1. The molecule has 10 nitrogen and oxygen atoms in total. The average molecular weight is 571 g/mol. The summed E-state index contributed by atoms with van der Waals surface area (Å²) in [6, 6.07) is 14.0. The van der Waals surface area contributed by atoms with Crippen LogP contribution in [0.3, 0.4) is 0 Å². The van der Waals surface area contributed by atoms with Gasteiger partial charge in [0.15, 0.2) is 11.6 Å². The quantitative estimate of drug-likeness (QED) is 0.352. The van der Waals surface area contributed by atoms with Gasteiger partial charge < -0.3 is 29.8 Å². The summed E-state index contributed by atoms with van der Waals surface area (Å²) in [5.41, 5.74) is 4.57. The zero-order chi connectivity index (χ0) is 29.1. The zero-order valence-corrected chi connectivity index (χ0v) is 24.1. The van der Waals surface area contributed by atoms with E-state index in [1.165, 1.54) is 17.5 Å². The number of rotatable bonds is 10. The molecule has 3 amide bonds. The fourth-order valence-electron chi connectivity index (χ4n) is 5.69. The summed E-state index contributed by atoms with van der Waals surface area (Å²) in [7, 11) is 0. The van der Waals surface area contributed by atoms with Gasteiger partial charge in [-0.2, -0.15) is 0 Å². The Bertz CT molecular complexity index is 1460. The number of carbonyl (C=O) groups is 3. The number of benzene rings is 2. The molecule has 2 aliphatic heterocycles. The van der Waals surface area contributed by atoms with Gasteiger partial charge in [-0.25, -0.2) is 4.98 Å². The molecule has 2 aromatic carbocycles. The number of carbonyl (C=O) groups excluding carboxylic acids is 3. The maximum atomic E-state index is 13.2. The topological polar surface area (TPSA) is 111 Å². The summed E-state index contributed by atoms with van der Waals surface area (Å²) in [6.07, 6.45) is 5.69. The third-order valence-electron chi connectivity index (χ3n) is 8.24. The van der Waals surface area contributed by atoms with Gasteiger partial charge in [0.1, 0.15) is 6.26 Å². The molecule has 3 heterocycles. The molecular formula is C32H38N6O4. The van der Waals surface area contributed by atoms with E-state index in [1.807, 2.05) is 11.0 Å². The predicted octanol–water partition coefficient (Wildman–Crippen LogP) is 4.18. The first-order chi connectivity index (χ1) is 20.4. The van der Waals surface area contributed by atoms with Crippen LogP contribution >= 0.6 is 0 Å². The summed E-state index contributed by atoms with van der Waals surface area (Å²) in [4.78, 5) is 49.0. The number of hydrogen-bond donors (Lipinski definition) is 2. The molecule has 2 N–H and O–H groups in total. The van der Waals surface area contributed by atoms with E-state index < -0.39 is 0 Å². The monoisotopic (exact) mass is 570 g/mol. The average Bonchev–Trinajstić information content (AvgIpc) is 3.58. The number of hydrogen-bond acceptors (Lipinski definition) is 7. The highest BCUT2D eigenvalue weighted by atomic mass is 16.3. The summed E-state index contributed by atoms with van der Waals surface area (Å²) < 4.78 is 5.54. The Morgan fingerprint density at radius 3 is 2.55 bits per heavy atom. The minimum Gasteiger partial charge on any atom is -0.448 e. The minimum absolute atomic E-state index is 0.188. The predicted molar refractivity (Wildman–Crippen MR) is 161 cm³/mol. The molecule has 42 heavy (non-hydrogen) atoms. The van der Waals surface area contributed by atoms with Gasteiger partial charge in [-0.05, 0) is 68.5 Å². The van der Waals surface area contributed by atoms with Crippen molar-refractivity contribution >= 4 is 34.8 Å². The fourth-order valence-corrected chi connectivity index (χ4v) is 5.69. The molecule has 0 atom stereocenters. The maximum Gasteiger partial charge on any atom is 0.277 e. The molecule has 3 fully saturated rings. The van der Waals surface area contributed by atoms with E-state index >= 15 is 0 Å². The van der Waals surface area contributed by atoms with Crippen LogP contribution in [0.1, 0.15) is 70.3 Å². The molecule has 10 heteroatoms. The van der Waals surface area contributed by atoms with Crippen LogP contribution in [0.25, 0.3) is 0 Å². The van der Waals surface area contributed by atoms with E-state index in [0.717, 1.165) is 57.7 Å². The minimum atomic E-state index is -0.363. The Morgan fingerprint density at radius 2 is 1.81 bits per heavy atom. The molecule has 0 unspecified atom stereocenters. The van der Waals surface area contributed by atoms with Crippen molar-refractivity contribution in [1.29, 1.82) is 0 Å². The van der Waals surface area contributed by atoms with Crippen LogP contribution in [-0.4, -0.2) is 73.4 Å². The van der Waals surface area contributed by atoms with Crippen LogP contribution in [0, 0.1) is 6.92 Å². The van der Waals surface area contributed by atoms with E-state index in [-0.39, 0.29) is 23.4 Å². The highest BCUT2D eigenvalue weighted by Crippen LogP contribution is 2.39. The number of aromatic nitrogens is 1. The second kappa shape index (κ2) is 12.3. The number of oxazole rings is 1. The van der Waals surface area contributed by atoms with Crippen molar-refractivity contribution in [3.05, 3.63) is 71.4 Å². The highest BCUT2D eigenvalue weighted by molar-refractivity contribution is 6.06. The second-order valence-electron chi connectivity index (χ2n) is 11.4. The maximum absolute atomic E-state index is 13.2. The summed E-state index contributed by atoms with van der Waals surface area (Å²) >= 11 is 0. The van der Waals surface area contributed by atoms with Crippen molar-refractivity contribution in [1.82, 2.24) is 15.2 Å². The van der Waals surface area contributed by atoms with Gasteiger partial charge in [-0.1, -0.05) is 12.1 Å². The van der Waals surface area contributed by atoms with Crippen molar-refractivity contribution in [2.45, 2.75) is 44.9 Å². The molecule has 1 aromatic heterocycles. The SMILES string of the molecule is Cc1cccc(N2CCN(c3ccc(C(=O)NCCCN4CCCC4=O)cc3NC(=O)c3coc(C4CC4)n3)CC2)c1. The molecule has 3 aromatic rings. The Kier molecular flexibility index (Phi) is 8.12. The van der Waals surface area contributed by atoms with Gasteiger partial charge in [0.05, 0.1) is 11.4 Å². The van der Waals surface area contributed by atoms with Crippen molar-refractivity contribution in [3.63, 3.8) is 0 Å². The van der Waals surface area contributed by atoms with Gasteiger partial charge >= 0.3 is 0 Å². The van der Waals surface area contributed by atoms with Crippen molar-refractivity contribution < 1.29 is 18.8 Å². The molecule has 6 rings (SSSR count). The molecule has 1 saturated carbocycles. The Balaban J connectivity index is 1.15. The van der Waals surface area contributed by atoms with E-state index in [1.54, 1.807) is 12.1 Å². The number of amides is 3. The van der Waals surface area contributed by atoms with Gasteiger partial charge in [-0.15, -0.1) is 0 Å². The first-order valence-corrected chi connectivity index (χ1v) is 15.0. The molecule has 3 aliphatic rings. The number of aryl methyl sites for hydroxylation is 1. The fraction of sp³-hybridized carbons (Fsp3) is 0.438. The molecule has 2 saturated heterocycles. The lowest BCUT2D eigenvalue weighted by Gasteiger charge is -2.38. The molecular weight excluding hydrogens is 532 g/mol. The van der Waals surface area contributed by atoms with Gasteiger partial charge in [0, 0.05) is 69.4 Å². The summed E-state index contributed by atoms with van der Waals surface area (Å²) in [5, 5.41) is 5.97. The van der Waals surface area contributed by atoms with E-state index in [0.29, 0.717) is 49.0 Å². The Labute approximate surface area is 246 Å². The van der Waals surface area contributed by atoms with E-state index in [4.69, 9.17) is 4.42 Å². The van der Waals surface area contributed by atoms with Crippen LogP contribution in [0.5, 0.6) is 0 Å². The first kappa shape index (κ1) is 27.8. The molecule has 1 aliphatic carbocycles. The summed E-state index contributed by atoms with van der Waals surface area (Å²) in [6.45, 7) is 7.23. The molecule has 0 radical (unpaired) electrons. The van der Waals surface area contributed by atoms with Crippen molar-refractivity contribution in [3.8, 4) is 0 Å². The van der Waals surface area contributed by atoms with Crippen LogP contribution in [0.2, 0.25) is 0 Å².